The molecule has 117 heavy (non-hydrogen) atoms. The Morgan fingerprint density at radius 3 is 1.29 bits per heavy atom. The normalized spacial score (nSPS) is 19.8. The van der Waals surface area contributed by atoms with E-state index < -0.39 is 60.5 Å². The second kappa shape index (κ2) is 38.6. The van der Waals surface area contributed by atoms with Crippen LogP contribution in [0.25, 0.3) is 77.0 Å². The number of amides is 6. The van der Waals surface area contributed by atoms with Gasteiger partial charge in [-0.15, -0.1) is 0 Å². The highest BCUT2D eigenvalue weighted by atomic mass is 16.6. The number of nitrogens with zero attached hydrogens (tertiary/aromatic N) is 7. The fourth-order valence-corrected chi connectivity index (χ4v) is 16.6. The molecule has 7 N–H and O–H groups in total. The number of alkyl carbamates (subject to hydrolysis) is 3. The van der Waals surface area contributed by atoms with Gasteiger partial charge < -0.3 is 79.5 Å². The van der Waals surface area contributed by atoms with E-state index in [1.807, 2.05) is 53.9 Å². The molecule has 8 aromatic rings. The van der Waals surface area contributed by atoms with Crippen LogP contribution in [-0.2, 0) is 52.4 Å². The number of benzene rings is 6. The Morgan fingerprint density at radius 2 is 0.872 bits per heavy atom. The lowest BCUT2D eigenvalue weighted by Gasteiger charge is -2.31. The number of hydrogen-bond donors (Lipinski definition) is 7. The molecule has 4 saturated heterocycles. The SMILES string of the molecule is CC[C@H](C)[C@H](CC(=O)OC)C(=O)N1CCC[C@H]1c1nc2ccc(-c3ccc4cc(C5=CN=C([C@@H]6CCCN6C(=O)[C@@H](NC(=O)OC)[C@@H](C)OC)C5)ccc4c3)cc2[nH]1.CC[C@H](C)[C@H](NC(=O)OC)C(=O)O.COC(=O)N[C@H](C(=O)N1CCC[C@H]1C1=NC=C(c2ccc3cc(-c4ccc5nc([C@@H]6CCCN6)[nH]c5c4)ccc3c2)C1)[C@@H](C)OC. The number of aromatic amines is 2. The Bertz CT molecular complexity index is 5120. The van der Waals surface area contributed by atoms with Gasteiger partial charge in [-0.3, -0.25) is 29.2 Å². The van der Waals surface area contributed by atoms with Crippen molar-refractivity contribution in [1.82, 2.24) is 55.9 Å². The maximum Gasteiger partial charge on any atom is 0.407 e. The van der Waals surface area contributed by atoms with E-state index in [1.54, 1.807) is 20.8 Å². The first-order chi connectivity index (χ1) is 56.5. The van der Waals surface area contributed by atoms with Crippen LogP contribution < -0.4 is 21.3 Å². The van der Waals surface area contributed by atoms with E-state index in [4.69, 9.17) is 48.7 Å². The first kappa shape index (κ1) is 85.0. The number of rotatable bonds is 25. The van der Waals surface area contributed by atoms with E-state index in [9.17, 15) is 38.4 Å². The maximum absolute atomic E-state index is 13.9. The number of methoxy groups -OCH3 is 6. The van der Waals surface area contributed by atoms with E-state index in [1.165, 1.54) is 54.5 Å². The zero-order valence-corrected chi connectivity index (χ0v) is 68.8. The Balaban J connectivity index is 0.000000190. The number of likely N-dealkylation sites (tertiary alicyclic amines) is 3. The van der Waals surface area contributed by atoms with Crippen LogP contribution in [0.3, 0.4) is 0 Å². The van der Waals surface area contributed by atoms with Crippen molar-refractivity contribution >= 4 is 114 Å². The van der Waals surface area contributed by atoms with E-state index in [0.29, 0.717) is 44.9 Å². The maximum atomic E-state index is 13.9. The Morgan fingerprint density at radius 1 is 0.470 bits per heavy atom. The lowest BCUT2D eigenvalue weighted by atomic mass is 9.87. The van der Waals surface area contributed by atoms with Crippen molar-refractivity contribution in [3.05, 3.63) is 144 Å². The van der Waals surface area contributed by atoms with E-state index >= 15 is 0 Å². The highest BCUT2D eigenvalue weighted by molar-refractivity contribution is 6.06. The minimum Gasteiger partial charge on any atom is -0.480 e. The van der Waals surface area contributed by atoms with Crippen LogP contribution in [0.4, 0.5) is 14.4 Å². The summed E-state index contributed by atoms with van der Waals surface area (Å²) in [6.45, 7) is 14.1. The number of carbonyl (C=O) groups excluding carboxylic acids is 7. The molecule has 620 valence electrons. The van der Waals surface area contributed by atoms with Crippen LogP contribution >= 0.6 is 0 Å². The zero-order valence-electron chi connectivity index (χ0n) is 68.8. The number of carboxylic acids is 1. The molecule has 4 fully saturated rings. The van der Waals surface area contributed by atoms with Crippen LogP contribution in [0.1, 0.15) is 160 Å². The number of hydrogen-bond acceptors (Lipinski definition) is 19. The average Bonchev–Trinajstić information content (AvgIpc) is 1.64. The molecule has 0 bridgehead atoms. The summed E-state index contributed by atoms with van der Waals surface area (Å²) in [5.74, 6) is -0.499. The Kier molecular flexibility index (Phi) is 28.1. The predicted octanol–water partition coefficient (Wildman–Crippen LogP) is 13.8. The van der Waals surface area contributed by atoms with Crippen LogP contribution in [0.2, 0.25) is 0 Å². The molecule has 0 saturated carbocycles. The lowest BCUT2D eigenvalue weighted by Crippen LogP contribution is -2.56. The number of aromatic nitrogens is 4. The first-order valence-corrected chi connectivity index (χ1v) is 40.6. The molecular formula is C89H109N13O15. The number of carboxylic acid groups (broad SMARTS) is 1. The van der Waals surface area contributed by atoms with Gasteiger partial charge in [-0.25, -0.2) is 29.1 Å². The largest absolute Gasteiger partial charge is 0.480 e. The van der Waals surface area contributed by atoms with Gasteiger partial charge in [-0.1, -0.05) is 101 Å². The third-order valence-corrected chi connectivity index (χ3v) is 24.0. The summed E-state index contributed by atoms with van der Waals surface area (Å²) in [6, 6.07) is 36.0. The topological polar surface area (TPSA) is 352 Å². The second-order valence-electron chi connectivity index (χ2n) is 31.1. The molecule has 0 spiro atoms. The summed E-state index contributed by atoms with van der Waals surface area (Å²) in [5.41, 5.74) is 14.6. The van der Waals surface area contributed by atoms with Crippen molar-refractivity contribution in [2.45, 2.75) is 180 Å². The molecule has 6 aliphatic heterocycles. The third-order valence-electron chi connectivity index (χ3n) is 24.0. The summed E-state index contributed by atoms with van der Waals surface area (Å²) < 4.78 is 29.6. The molecule has 0 radical (unpaired) electrons. The summed E-state index contributed by atoms with van der Waals surface area (Å²) in [5, 5.41) is 24.4. The van der Waals surface area contributed by atoms with Gasteiger partial charge in [0.1, 0.15) is 29.8 Å². The molecule has 12 atom stereocenters. The average molecular weight is 1600 g/mol. The molecule has 2 aromatic heterocycles. The molecule has 6 aliphatic rings. The van der Waals surface area contributed by atoms with Gasteiger partial charge in [-0.2, -0.15) is 0 Å². The quantitative estimate of drug-likeness (QED) is 0.0206. The van der Waals surface area contributed by atoms with Crippen molar-refractivity contribution in [2.24, 2.45) is 27.7 Å². The molecule has 0 aliphatic carbocycles. The summed E-state index contributed by atoms with van der Waals surface area (Å²) in [7, 11) is 8.16. The van der Waals surface area contributed by atoms with Crippen molar-refractivity contribution in [2.75, 3.05) is 68.8 Å². The minimum atomic E-state index is -1.04. The number of aliphatic carboxylic acids is 1. The number of nitrogens with one attached hydrogen (secondary N) is 6. The standard InChI is InChI=1S/C45H54N6O7.C36H40N6O4.C8H15NO4/c1-7-26(2)34(24-40(52)57-5)43(53)51-19-9-11-39(51)42-47-35-17-16-32(22-36(35)48-42)30-13-12-29-21-31(15-14-28(29)20-30)33-23-37(46-25-33)38-10-8-18-50(38)44(54)41(27(3)56-4)49-45(55)58-6;1-21(45-2)33(41-36(44)46-3)35(43)42-15-5-7-32(42)31-19-27(20-38-31)25-11-10-22-16-24(9-8-23(22)17-25)26-12-13-28-30(18-26)40-34(39-28)29-6-4-14-37-29;1-4-5(2)6(7(10)11)9-8(12)13-3/h12-17,20-22,25-27,34,38-39,41H,7-11,18-19,23-24H2,1-6H3,(H,47,48)(H,49,55);8-13,16-18,20-21,29,32-33,37H,4-7,14-15,19H2,1-3H3,(H,39,40)(H,41,44);5-6H,4H2,1-3H3,(H,9,12)(H,10,11)/t26-,27+,34-,38-,39-,41-;21-,29+,32+,33+;5-,6-/m010/s1. The molecule has 28 nitrogen and oxygen atoms in total. The number of carbonyl (C=O) groups is 8. The molecule has 6 amide bonds. The van der Waals surface area contributed by atoms with Gasteiger partial charge in [0.2, 0.25) is 17.7 Å². The van der Waals surface area contributed by atoms with Gasteiger partial charge >= 0.3 is 30.2 Å². The number of allylic oxidation sites excluding steroid dienone is 2. The number of esters is 1. The number of aliphatic imine (C=N–C) groups is 2. The number of H-pyrrole nitrogens is 2. The van der Waals surface area contributed by atoms with Crippen LogP contribution in [0.5, 0.6) is 0 Å². The summed E-state index contributed by atoms with van der Waals surface area (Å²) >= 11 is 0. The van der Waals surface area contributed by atoms with Crippen molar-refractivity contribution in [1.29, 1.82) is 0 Å². The highest BCUT2D eigenvalue weighted by Gasteiger charge is 2.43. The highest BCUT2D eigenvalue weighted by Crippen LogP contribution is 2.40. The zero-order chi connectivity index (χ0) is 83.3. The van der Waals surface area contributed by atoms with E-state index in [2.05, 4.69) is 139 Å². The third kappa shape index (κ3) is 19.5. The molecule has 8 heterocycles. The summed E-state index contributed by atoms with van der Waals surface area (Å²) in [4.78, 5) is 131. The van der Waals surface area contributed by atoms with Gasteiger partial charge in [0.15, 0.2) is 0 Å². The molecule has 0 unspecified atom stereocenters. The van der Waals surface area contributed by atoms with Gasteiger partial charge in [0.05, 0.1) is 99.2 Å². The van der Waals surface area contributed by atoms with Crippen LogP contribution in [-0.4, -0.2) is 210 Å². The van der Waals surface area contributed by atoms with Gasteiger partial charge in [-0.05, 0) is 198 Å². The molecule has 14 rings (SSSR count). The number of ether oxygens (including phenoxy) is 6. The van der Waals surface area contributed by atoms with Crippen molar-refractivity contribution in [3.8, 4) is 22.3 Å². The van der Waals surface area contributed by atoms with Gasteiger partial charge in [0.25, 0.3) is 0 Å². The lowest BCUT2D eigenvalue weighted by molar-refractivity contribution is -0.148. The predicted molar refractivity (Wildman–Crippen MR) is 449 cm³/mol. The number of imidazole rings is 2. The Labute approximate surface area is 681 Å². The van der Waals surface area contributed by atoms with Crippen molar-refractivity contribution < 1.29 is 71.9 Å². The fraction of sp³-hybridized carbons (Fsp3) is 0.461. The molecule has 6 aromatic carbocycles. The smallest absolute Gasteiger partial charge is 0.407 e. The first-order valence-electron chi connectivity index (χ1n) is 40.6. The minimum absolute atomic E-state index is 0.00944. The monoisotopic (exact) mass is 1600 g/mol. The van der Waals surface area contributed by atoms with Crippen LogP contribution in [0.15, 0.2) is 132 Å². The Hall–Kier alpha value is -11.4. The molecule has 28 heteroatoms. The second-order valence-corrected chi connectivity index (χ2v) is 31.1. The number of fused-ring (bicyclic) bond motifs is 4. The van der Waals surface area contributed by atoms with E-state index in [-0.39, 0.29) is 60.1 Å². The van der Waals surface area contributed by atoms with Gasteiger partial charge in [0, 0.05) is 70.5 Å². The fourth-order valence-electron chi connectivity index (χ4n) is 16.6. The summed E-state index contributed by atoms with van der Waals surface area (Å²) in [6.07, 6.45) is 11.0. The molecular weight excluding hydrogens is 1490 g/mol. The van der Waals surface area contributed by atoms with Crippen LogP contribution in [0, 0.1) is 17.8 Å². The van der Waals surface area contributed by atoms with E-state index in [0.717, 1.165) is 164 Å². The van der Waals surface area contributed by atoms with Crippen molar-refractivity contribution in [3.63, 3.8) is 0 Å².